The van der Waals surface area contributed by atoms with Crippen molar-refractivity contribution in [3.05, 3.63) is 11.9 Å². The van der Waals surface area contributed by atoms with Gasteiger partial charge in [0.25, 0.3) is 0 Å². The fourth-order valence-electron chi connectivity index (χ4n) is 2.82. The van der Waals surface area contributed by atoms with Crippen LogP contribution in [0.15, 0.2) is 6.07 Å². The fourth-order valence-corrected chi connectivity index (χ4v) is 2.82. The van der Waals surface area contributed by atoms with Gasteiger partial charge < -0.3 is 10.6 Å². The van der Waals surface area contributed by atoms with E-state index in [1.807, 2.05) is 13.1 Å². The maximum absolute atomic E-state index is 4.68. The molecule has 1 saturated carbocycles. The van der Waals surface area contributed by atoms with Crippen LogP contribution in [0.25, 0.3) is 0 Å². The molecule has 2 N–H and O–H groups in total. The van der Waals surface area contributed by atoms with Gasteiger partial charge in [0.15, 0.2) is 0 Å². The lowest BCUT2D eigenvalue weighted by Gasteiger charge is -2.24. The molecular formula is C16H28N4. The molecule has 0 aliphatic heterocycles. The van der Waals surface area contributed by atoms with Crippen molar-refractivity contribution in [1.82, 2.24) is 9.97 Å². The lowest BCUT2D eigenvalue weighted by atomic mass is 9.97. The number of nitrogens with zero attached hydrogens (tertiary/aromatic N) is 2. The maximum Gasteiger partial charge on any atom is 0.135 e. The van der Waals surface area contributed by atoms with Crippen LogP contribution >= 0.6 is 0 Å². The highest BCUT2D eigenvalue weighted by atomic mass is 15.1. The summed E-state index contributed by atoms with van der Waals surface area (Å²) >= 11 is 0. The van der Waals surface area contributed by atoms with E-state index in [1.165, 1.54) is 32.1 Å². The van der Waals surface area contributed by atoms with Gasteiger partial charge in [-0.25, -0.2) is 9.97 Å². The Balaban J connectivity index is 2.16. The molecule has 2 unspecified atom stereocenters. The van der Waals surface area contributed by atoms with Crippen LogP contribution in [0, 0.1) is 5.92 Å². The monoisotopic (exact) mass is 276 g/mol. The lowest BCUT2D eigenvalue weighted by molar-refractivity contribution is 0.455. The molecule has 4 heteroatoms. The van der Waals surface area contributed by atoms with Crippen LogP contribution in [0.5, 0.6) is 0 Å². The minimum atomic E-state index is 0.343. The first-order valence-corrected chi connectivity index (χ1v) is 7.93. The van der Waals surface area contributed by atoms with Gasteiger partial charge in [-0.05, 0) is 18.8 Å². The summed E-state index contributed by atoms with van der Waals surface area (Å²) < 4.78 is 0. The zero-order chi connectivity index (χ0) is 14.5. The Hall–Kier alpha value is -1.32. The van der Waals surface area contributed by atoms with Gasteiger partial charge in [-0.3, -0.25) is 0 Å². The SMILES string of the molecule is CNc1cc(NC2CCCCCC2C)nc(C(C)C)n1. The van der Waals surface area contributed by atoms with E-state index in [9.17, 15) is 0 Å². The van der Waals surface area contributed by atoms with Gasteiger partial charge in [0.2, 0.25) is 0 Å². The first-order valence-electron chi connectivity index (χ1n) is 7.93. The smallest absolute Gasteiger partial charge is 0.135 e. The van der Waals surface area contributed by atoms with E-state index >= 15 is 0 Å². The van der Waals surface area contributed by atoms with Crippen LogP contribution in [-0.2, 0) is 0 Å². The predicted molar refractivity (Wildman–Crippen MR) is 85.3 cm³/mol. The van der Waals surface area contributed by atoms with E-state index in [2.05, 4.69) is 41.4 Å². The molecule has 0 bridgehead atoms. The highest BCUT2D eigenvalue weighted by Crippen LogP contribution is 2.26. The standard InChI is InChI=1S/C16H28N4/c1-11(2)16-19-14(17-4)10-15(20-16)18-13-9-7-5-6-8-12(13)3/h10-13H,5-9H2,1-4H3,(H2,17,18,19,20). The largest absolute Gasteiger partial charge is 0.373 e. The average Bonchev–Trinajstić information content (AvgIpc) is 2.64. The fraction of sp³-hybridized carbons (Fsp3) is 0.750. The summed E-state index contributed by atoms with van der Waals surface area (Å²) in [5.74, 6) is 3.82. The van der Waals surface area contributed by atoms with Crippen molar-refractivity contribution in [2.45, 2.75) is 64.8 Å². The number of hydrogen-bond acceptors (Lipinski definition) is 4. The van der Waals surface area contributed by atoms with Crippen molar-refractivity contribution in [2.75, 3.05) is 17.7 Å². The first-order chi connectivity index (χ1) is 9.60. The van der Waals surface area contributed by atoms with Crippen molar-refractivity contribution < 1.29 is 0 Å². The van der Waals surface area contributed by atoms with E-state index in [4.69, 9.17) is 0 Å². The molecule has 4 nitrogen and oxygen atoms in total. The summed E-state index contributed by atoms with van der Waals surface area (Å²) in [7, 11) is 1.91. The summed E-state index contributed by atoms with van der Waals surface area (Å²) in [5.41, 5.74) is 0. The molecular weight excluding hydrogens is 248 g/mol. The van der Waals surface area contributed by atoms with E-state index in [0.29, 0.717) is 17.9 Å². The minimum Gasteiger partial charge on any atom is -0.373 e. The van der Waals surface area contributed by atoms with Gasteiger partial charge >= 0.3 is 0 Å². The van der Waals surface area contributed by atoms with E-state index in [-0.39, 0.29) is 0 Å². The molecule has 0 spiro atoms. The summed E-state index contributed by atoms with van der Waals surface area (Å²) in [6.45, 7) is 6.62. The Bertz CT molecular complexity index is 430. The van der Waals surface area contributed by atoms with Gasteiger partial charge in [0.1, 0.15) is 17.5 Å². The number of rotatable bonds is 4. The first kappa shape index (κ1) is 15.1. The second-order valence-corrected chi connectivity index (χ2v) is 6.27. The second kappa shape index (κ2) is 6.91. The average molecular weight is 276 g/mol. The maximum atomic E-state index is 4.68. The molecule has 0 aromatic carbocycles. The molecule has 0 radical (unpaired) electrons. The number of anilines is 2. The number of hydrogen-bond donors (Lipinski definition) is 2. The second-order valence-electron chi connectivity index (χ2n) is 6.27. The molecule has 1 heterocycles. The van der Waals surface area contributed by atoms with Gasteiger partial charge in [-0.2, -0.15) is 0 Å². The normalized spacial score (nSPS) is 23.4. The van der Waals surface area contributed by atoms with Gasteiger partial charge in [0, 0.05) is 25.1 Å². The summed E-state index contributed by atoms with van der Waals surface area (Å²) in [6.07, 6.45) is 6.62. The molecule has 112 valence electrons. The van der Waals surface area contributed by atoms with Crippen LogP contribution in [-0.4, -0.2) is 23.1 Å². The van der Waals surface area contributed by atoms with Crippen LogP contribution in [0.1, 0.15) is 64.6 Å². The number of aromatic nitrogens is 2. The van der Waals surface area contributed by atoms with E-state index in [0.717, 1.165) is 17.5 Å². The Labute approximate surface area is 122 Å². The van der Waals surface area contributed by atoms with E-state index < -0.39 is 0 Å². The van der Waals surface area contributed by atoms with Crippen LogP contribution in [0.2, 0.25) is 0 Å². The van der Waals surface area contributed by atoms with Crippen molar-refractivity contribution in [2.24, 2.45) is 5.92 Å². The zero-order valence-corrected chi connectivity index (χ0v) is 13.2. The highest BCUT2D eigenvalue weighted by molar-refractivity contribution is 5.48. The van der Waals surface area contributed by atoms with Gasteiger partial charge in [0.05, 0.1) is 0 Å². The summed E-state index contributed by atoms with van der Waals surface area (Å²) in [4.78, 5) is 9.20. The van der Waals surface area contributed by atoms with Crippen molar-refractivity contribution in [3.8, 4) is 0 Å². The topological polar surface area (TPSA) is 49.8 Å². The van der Waals surface area contributed by atoms with E-state index in [1.54, 1.807) is 0 Å². The molecule has 1 aliphatic carbocycles. The number of nitrogens with one attached hydrogen (secondary N) is 2. The van der Waals surface area contributed by atoms with Crippen molar-refractivity contribution in [3.63, 3.8) is 0 Å². The molecule has 1 aliphatic rings. The van der Waals surface area contributed by atoms with Gasteiger partial charge in [-0.15, -0.1) is 0 Å². The molecule has 20 heavy (non-hydrogen) atoms. The zero-order valence-electron chi connectivity index (χ0n) is 13.2. The Morgan fingerprint density at radius 2 is 1.80 bits per heavy atom. The highest BCUT2D eigenvalue weighted by Gasteiger charge is 2.20. The van der Waals surface area contributed by atoms with Crippen LogP contribution in [0.4, 0.5) is 11.6 Å². The van der Waals surface area contributed by atoms with Gasteiger partial charge in [-0.1, -0.05) is 40.0 Å². The van der Waals surface area contributed by atoms with Crippen LogP contribution < -0.4 is 10.6 Å². The molecule has 0 saturated heterocycles. The molecule has 1 aromatic heterocycles. The quantitative estimate of drug-likeness (QED) is 0.815. The molecule has 2 rings (SSSR count). The van der Waals surface area contributed by atoms with Crippen molar-refractivity contribution >= 4 is 11.6 Å². The third-order valence-electron chi connectivity index (χ3n) is 4.21. The summed E-state index contributed by atoms with van der Waals surface area (Å²) in [5, 5.41) is 6.78. The molecule has 1 fully saturated rings. The van der Waals surface area contributed by atoms with Crippen LogP contribution in [0.3, 0.4) is 0 Å². The molecule has 0 amide bonds. The minimum absolute atomic E-state index is 0.343. The molecule has 2 atom stereocenters. The summed E-state index contributed by atoms with van der Waals surface area (Å²) in [6, 6.07) is 2.56. The molecule has 1 aromatic rings. The Morgan fingerprint density at radius 1 is 1.10 bits per heavy atom. The Morgan fingerprint density at radius 3 is 2.50 bits per heavy atom. The Kier molecular flexibility index (Phi) is 5.21. The van der Waals surface area contributed by atoms with Crippen molar-refractivity contribution in [1.29, 1.82) is 0 Å². The third kappa shape index (κ3) is 3.84. The third-order valence-corrected chi connectivity index (χ3v) is 4.21. The lowest BCUT2D eigenvalue weighted by Crippen LogP contribution is -2.27. The predicted octanol–water partition coefficient (Wildman–Crippen LogP) is 4.02.